The fourth-order valence-corrected chi connectivity index (χ4v) is 3.07. The van der Waals surface area contributed by atoms with Gasteiger partial charge in [0.25, 0.3) is 9.05 Å². The zero-order chi connectivity index (χ0) is 13.1. The Morgan fingerprint density at radius 3 is 2.53 bits per heavy atom. The molecular formula is C10H12BrClO4S. The monoisotopic (exact) mass is 342 g/mol. The molecule has 0 radical (unpaired) electrons. The highest BCUT2D eigenvalue weighted by molar-refractivity contribution is 9.10. The number of benzene rings is 1. The summed E-state index contributed by atoms with van der Waals surface area (Å²) in [7, 11) is 3.06. The van der Waals surface area contributed by atoms with E-state index in [0.717, 1.165) is 0 Å². The van der Waals surface area contributed by atoms with Gasteiger partial charge in [-0.05, 0) is 24.6 Å². The van der Waals surface area contributed by atoms with E-state index in [1.54, 1.807) is 13.0 Å². The minimum absolute atomic E-state index is 0.0397. The van der Waals surface area contributed by atoms with E-state index in [-0.39, 0.29) is 17.3 Å². The van der Waals surface area contributed by atoms with Crippen molar-refractivity contribution in [2.45, 2.75) is 11.8 Å². The van der Waals surface area contributed by atoms with E-state index in [9.17, 15) is 8.42 Å². The van der Waals surface area contributed by atoms with Gasteiger partial charge >= 0.3 is 0 Å². The van der Waals surface area contributed by atoms with Crippen LogP contribution in [0.3, 0.4) is 0 Å². The lowest BCUT2D eigenvalue weighted by molar-refractivity contribution is 0.144. The maximum Gasteiger partial charge on any atom is 0.265 e. The molecule has 17 heavy (non-hydrogen) atoms. The van der Waals surface area contributed by atoms with Gasteiger partial charge in [0, 0.05) is 22.3 Å². The second kappa shape index (κ2) is 6.04. The molecule has 1 rings (SSSR count). The van der Waals surface area contributed by atoms with Crippen LogP contribution in [0.5, 0.6) is 5.75 Å². The highest BCUT2D eigenvalue weighted by Crippen LogP contribution is 2.33. The Bertz CT molecular complexity index is 501. The molecule has 0 unspecified atom stereocenters. The summed E-state index contributed by atoms with van der Waals surface area (Å²) < 4.78 is 33.7. The zero-order valence-electron chi connectivity index (χ0n) is 9.37. The van der Waals surface area contributed by atoms with Crippen molar-refractivity contribution in [3.8, 4) is 5.75 Å². The lowest BCUT2D eigenvalue weighted by Crippen LogP contribution is -2.08. The number of hydrogen-bond donors (Lipinski definition) is 0. The smallest absolute Gasteiger partial charge is 0.265 e. The lowest BCUT2D eigenvalue weighted by atomic mass is 10.2. The van der Waals surface area contributed by atoms with Crippen LogP contribution in [-0.4, -0.2) is 28.7 Å². The van der Waals surface area contributed by atoms with E-state index in [1.807, 2.05) is 0 Å². The number of rotatable bonds is 5. The predicted octanol–water partition coefficient (Wildman–Crippen LogP) is 2.71. The minimum Gasteiger partial charge on any atom is -0.489 e. The molecule has 7 heteroatoms. The number of aryl methyl sites for hydroxylation is 1. The predicted molar refractivity (Wildman–Crippen MR) is 69.3 cm³/mol. The molecule has 0 bridgehead atoms. The molecule has 0 aliphatic carbocycles. The van der Waals surface area contributed by atoms with Crippen LogP contribution in [-0.2, 0) is 13.8 Å². The second-order valence-electron chi connectivity index (χ2n) is 3.33. The van der Waals surface area contributed by atoms with Crippen molar-refractivity contribution < 1.29 is 17.9 Å². The number of hydrogen-bond acceptors (Lipinski definition) is 4. The zero-order valence-corrected chi connectivity index (χ0v) is 12.5. The van der Waals surface area contributed by atoms with Crippen LogP contribution in [0.15, 0.2) is 21.5 Å². The third-order valence-electron chi connectivity index (χ3n) is 2.00. The van der Waals surface area contributed by atoms with Gasteiger partial charge in [-0.15, -0.1) is 0 Å². The Balaban J connectivity index is 3.17. The van der Waals surface area contributed by atoms with Crippen molar-refractivity contribution in [1.82, 2.24) is 0 Å². The van der Waals surface area contributed by atoms with Gasteiger partial charge in [0.2, 0.25) is 0 Å². The summed E-state index contributed by atoms with van der Waals surface area (Å²) in [5.41, 5.74) is 0.690. The Kier molecular flexibility index (Phi) is 5.24. The van der Waals surface area contributed by atoms with Crippen molar-refractivity contribution in [3.63, 3.8) is 0 Å². The van der Waals surface area contributed by atoms with Crippen LogP contribution in [0, 0.1) is 6.92 Å². The average molecular weight is 344 g/mol. The highest BCUT2D eigenvalue weighted by Gasteiger charge is 2.19. The largest absolute Gasteiger partial charge is 0.489 e. The molecule has 0 saturated heterocycles. The molecule has 0 atom stereocenters. The van der Waals surface area contributed by atoms with E-state index in [2.05, 4.69) is 15.9 Å². The molecule has 0 N–H and O–H groups in total. The van der Waals surface area contributed by atoms with Crippen molar-refractivity contribution in [2.75, 3.05) is 20.3 Å². The summed E-state index contributed by atoms with van der Waals surface area (Å²) in [5.74, 6) is 0.264. The van der Waals surface area contributed by atoms with Gasteiger partial charge in [0.1, 0.15) is 17.3 Å². The Hall–Kier alpha value is -0.300. The highest BCUT2D eigenvalue weighted by atomic mass is 79.9. The van der Waals surface area contributed by atoms with Gasteiger partial charge in [-0.1, -0.05) is 15.9 Å². The first-order valence-electron chi connectivity index (χ1n) is 4.73. The van der Waals surface area contributed by atoms with Crippen LogP contribution in [0.2, 0.25) is 0 Å². The molecule has 0 heterocycles. The van der Waals surface area contributed by atoms with Crippen LogP contribution in [0.25, 0.3) is 0 Å². The van der Waals surface area contributed by atoms with E-state index >= 15 is 0 Å². The maximum absolute atomic E-state index is 11.4. The topological polar surface area (TPSA) is 52.6 Å². The van der Waals surface area contributed by atoms with Gasteiger partial charge in [-0.3, -0.25) is 0 Å². The van der Waals surface area contributed by atoms with Crippen molar-refractivity contribution in [3.05, 3.63) is 22.2 Å². The fraction of sp³-hybridized carbons (Fsp3) is 0.400. The maximum atomic E-state index is 11.4. The molecule has 0 spiro atoms. The summed E-state index contributed by atoms with van der Waals surface area (Å²) in [6.45, 7) is 2.38. The first-order valence-corrected chi connectivity index (χ1v) is 7.83. The fourth-order valence-electron chi connectivity index (χ4n) is 1.29. The molecule has 1 aromatic carbocycles. The Morgan fingerprint density at radius 2 is 2.00 bits per heavy atom. The number of methoxy groups -OCH3 is 1. The Labute approximate surface area is 113 Å². The lowest BCUT2D eigenvalue weighted by Gasteiger charge is -2.12. The van der Waals surface area contributed by atoms with Crippen LogP contribution in [0.1, 0.15) is 5.56 Å². The molecule has 1 aromatic rings. The number of ether oxygens (including phenoxy) is 2. The van der Waals surface area contributed by atoms with E-state index in [0.29, 0.717) is 16.6 Å². The van der Waals surface area contributed by atoms with Gasteiger partial charge in [0.15, 0.2) is 0 Å². The summed E-state index contributed by atoms with van der Waals surface area (Å²) in [6, 6.07) is 3.17. The molecule has 0 aliphatic heterocycles. The third-order valence-corrected chi connectivity index (χ3v) is 3.79. The quantitative estimate of drug-likeness (QED) is 0.609. The molecule has 0 amide bonds. The van der Waals surface area contributed by atoms with Crippen molar-refractivity contribution in [2.24, 2.45) is 0 Å². The van der Waals surface area contributed by atoms with Gasteiger partial charge in [0.05, 0.1) is 6.61 Å². The molecular weight excluding hydrogens is 332 g/mol. The van der Waals surface area contributed by atoms with Crippen molar-refractivity contribution in [1.29, 1.82) is 0 Å². The summed E-state index contributed by atoms with van der Waals surface area (Å²) in [6.07, 6.45) is 0. The molecule has 0 fully saturated rings. The summed E-state index contributed by atoms with van der Waals surface area (Å²) in [5, 5.41) is 0. The average Bonchev–Trinajstić information content (AvgIpc) is 2.19. The summed E-state index contributed by atoms with van der Waals surface area (Å²) >= 11 is 3.22. The first kappa shape index (κ1) is 14.8. The molecule has 0 aliphatic rings. The molecule has 0 aromatic heterocycles. The molecule has 96 valence electrons. The van der Waals surface area contributed by atoms with E-state index < -0.39 is 9.05 Å². The first-order chi connectivity index (χ1) is 7.86. The van der Waals surface area contributed by atoms with Gasteiger partial charge in [-0.25, -0.2) is 8.42 Å². The van der Waals surface area contributed by atoms with E-state index in [4.69, 9.17) is 20.2 Å². The number of halogens is 2. The van der Waals surface area contributed by atoms with Crippen LogP contribution in [0.4, 0.5) is 0 Å². The standard InChI is InChI=1S/C10H12BrClO4S/c1-7-5-8(11)6-9(17(12,13)14)10(7)16-4-3-15-2/h5-6H,3-4H2,1-2H3. The molecule has 4 nitrogen and oxygen atoms in total. The van der Waals surface area contributed by atoms with Gasteiger partial charge < -0.3 is 9.47 Å². The van der Waals surface area contributed by atoms with Crippen molar-refractivity contribution >= 4 is 35.7 Å². The normalized spacial score (nSPS) is 11.5. The Morgan fingerprint density at radius 1 is 1.35 bits per heavy atom. The third kappa shape index (κ3) is 4.13. The minimum atomic E-state index is -3.84. The summed E-state index contributed by atoms with van der Waals surface area (Å²) in [4.78, 5) is -0.0397. The van der Waals surface area contributed by atoms with Crippen LogP contribution >= 0.6 is 26.6 Å². The SMILES string of the molecule is COCCOc1c(C)cc(Br)cc1S(=O)(=O)Cl. The van der Waals surface area contributed by atoms with E-state index in [1.165, 1.54) is 13.2 Å². The molecule has 0 saturated carbocycles. The van der Waals surface area contributed by atoms with Gasteiger partial charge in [-0.2, -0.15) is 0 Å². The second-order valence-corrected chi connectivity index (χ2v) is 6.78. The van der Waals surface area contributed by atoms with Crippen LogP contribution < -0.4 is 4.74 Å².